The van der Waals surface area contributed by atoms with E-state index in [1.165, 1.54) is 12.1 Å². The van der Waals surface area contributed by atoms with Crippen molar-refractivity contribution in [2.75, 3.05) is 44.4 Å². The predicted molar refractivity (Wildman–Crippen MR) is 93.4 cm³/mol. The molecule has 0 spiro atoms. The Kier molecular flexibility index (Phi) is 5.38. The van der Waals surface area contributed by atoms with Gasteiger partial charge in [0.25, 0.3) is 0 Å². The van der Waals surface area contributed by atoms with Crippen molar-refractivity contribution in [3.8, 4) is 5.75 Å². The van der Waals surface area contributed by atoms with Crippen molar-refractivity contribution >= 4 is 19.7 Å². The van der Waals surface area contributed by atoms with Crippen LogP contribution in [0, 0.1) is 0 Å². The van der Waals surface area contributed by atoms with Crippen LogP contribution in [0.25, 0.3) is 0 Å². The summed E-state index contributed by atoms with van der Waals surface area (Å²) >= 11 is 0. The van der Waals surface area contributed by atoms with Gasteiger partial charge >= 0.3 is 0 Å². The summed E-state index contributed by atoms with van der Waals surface area (Å²) in [6.45, 7) is 4.43. The Morgan fingerprint density at radius 3 is 2.40 bits per heavy atom. The lowest BCUT2D eigenvalue weighted by Gasteiger charge is -2.34. The average molecular weight is 389 g/mol. The van der Waals surface area contributed by atoms with Crippen LogP contribution in [0.5, 0.6) is 5.75 Å². The van der Waals surface area contributed by atoms with Gasteiger partial charge in [-0.2, -0.15) is 0 Å². The molecule has 0 N–H and O–H groups in total. The second-order valence-corrected chi connectivity index (χ2v) is 10.6. The molecule has 0 aliphatic carbocycles. The maximum Gasteiger partial charge on any atom is 0.183 e. The number of hydrogen-bond acceptors (Lipinski definition) is 7. The van der Waals surface area contributed by atoms with Crippen LogP contribution in [0.15, 0.2) is 29.2 Å². The molecule has 1 aromatic carbocycles. The normalized spacial score (nSPS) is 27.2. The third-order valence-electron chi connectivity index (χ3n) is 4.65. The molecule has 2 aliphatic heterocycles. The number of nitrogens with zero attached hydrogens (tertiary/aromatic N) is 1. The molecule has 0 radical (unpaired) electrons. The van der Waals surface area contributed by atoms with Gasteiger partial charge in [0.1, 0.15) is 5.75 Å². The molecule has 25 heavy (non-hydrogen) atoms. The minimum atomic E-state index is -3.76. The van der Waals surface area contributed by atoms with Crippen molar-refractivity contribution in [3.05, 3.63) is 24.3 Å². The Bertz CT molecular complexity index is 798. The minimum Gasteiger partial charge on any atom is -0.494 e. The van der Waals surface area contributed by atoms with E-state index in [-0.39, 0.29) is 16.4 Å². The Hall–Kier alpha value is -1.16. The molecule has 2 saturated heterocycles. The van der Waals surface area contributed by atoms with Crippen LogP contribution in [-0.4, -0.2) is 77.4 Å². The van der Waals surface area contributed by atoms with Crippen molar-refractivity contribution in [2.45, 2.75) is 23.1 Å². The van der Waals surface area contributed by atoms with Gasteiger partial charge in [-0.1, -0.05) is 0 Å². The lowest BCUT2D eigenvalue weighted by Crippen LogP contribution is -2.50. The van der Waals surface area contributed by atoms with E-state index < -0.39 is 31.0 Å². The van der Waals surface area contributed by atoms with Gasteiger partial charge in [0.05, 0.1) is 41.5 Å². The van der Waals surface area contributed by atoms with Gasteiger partial charge in [-0.3, -0.25) is 4.90 Å². The van der Waals surface area contributed by atoms with Gasteiger partial charge in [0.2, 0.25) is 0 Å². The maximum atomic E-state index is 13.1. The summed E-state index contributed by atoms with van der Waals surface area (Å²) in [6, 6.07) is 5.65. The van der Waals surface area contributed by atoms with E-state index in [2.05, 4.69) is 0 Å². The molecule has 9 heteroatoms. The van der Waals surface area contributed by atoms with Gasteiger partial charge < -0.3 is 9.47 Å². The summed E-state index contributed by atoms with van der Waals surface area (Å²) in [5.41, 5.74) is 0. The van der Waals surface area contributed by atoms with Crippen molar-refractivity contribution in [2.24, 2.45) is 0 Å². The predicted octanol–water partition coefficient (Wildman–Crippen LogP) is 0.357. The first kappa shape index (κ1) is 18.6. The fraction of sp³-hybridized carbons (Fsp3) is 0.625. The average Bonchev–Trinajstić information content (AvgIpc) is 2.93. The van der Waals surface area contributed by atoms with Gasteiger partial charge in [0, 0.05) is 19.1 Å². The monoisotopic (exact) mass is 389 g/mol. The Labute approximate surface area is 148 Å². The van der Waals surface area contributed by atoms with Crippen molar-refractivity contribution < 1.29 is 26.3 Å². The highest BCUT2D eigenvalue weighted by atomic mass is 32.2. The topological polar surface area (TPSA) is 90.0 Å². The number of morpholine rings is 1. The molecule has 0 aromatic heterocycles. The molecule has 140 valence electrons. The van der Waals surface area contributed by atoms with Crippen LogP contribution >= 0.6 is 0 Å². The van der Waals surface area contributed by atoms with E-state index in [4.69, 9.17) is 9.47 Å². The van der Waals surface area contributed by atoms with Gasteiger partial charge in [-0.15, -0.1) is 0 Å². The molecular formula is C16H23NO6S2. The second kappa shape index (κ2) is 7.22. The first-order chi connectivity index (χ1) is 11.8. The van der Waals surface area contributed by atoms with Crippen molar-refractivity contribution in [3.63, 3.8) is 0 Å². The van der Waals surface area contributed by atoms with E-state index >= 15 is 0 Å². The molecule has 2 atom stereocenters. The molecular weight excluding hydrogens is 366 g/mol. The number of ether oxygens (including phenoxy) is 2. The molecule has 3 rings (SSSR count). The molecule has 0 saturated carbocycles. The summed E-state index contributed by atoms with van der Waals surface area (Å²) in [6.07, 6.45) is 0. The SMILES string of the molecule is CCOc1ccc(S(=O)(=O)[C@@H]2CS(=O)(=O)C[C@H]2N2CCOCC2)cc1. The van der Waals surface area contributed by atoms with E-state index in [1.54, 1.807) is 12.1 Å². The first-order valence-corrected chi connectivity index (χ1v) is 11.7. The first-order valence-electron chi connectivity index (χ1n) is 8.32. The molecule has 1 aromatic rings. The van der Waals surface area contributed by atoms with Crippen LogP contribution in [0.4, 0.5) is 0 Å². The van der Waals surface area contributed by atoms with Crippen LogP contribution in [0.3, 0.4) is 0 Å². The molecule has 0 amide bonds. The highest BCUT2D eigenvalue weighted by Crippen LogP contribution is 2.30. The summed E-state index contributed by atoms with van der Waals surface area (Å²) in [5, 5.41) is -0.950. The molecule has 2 heterocycles. The molecule has 2 fully saturated rings. The van der Waals surface area contributed by atoms with Crippen LogP contribution in [0.2, 0.25) is 0 Å². The zero-order valence-electron chi connectivity index (χ0n) is 14.1. The van der Waals surface area contributed by atoms with Crippen molar-refractivity contribution in [1.29, 1.82) is 0 Å². The molecule has 0 unspecified atom stereocenters. The number of sulfone groups is 2. The van der Waals surface area contributed by atoms with E-state index in [0.29, 0.717) is 38.7 Å². The Balaban J connectivity index is 1.90. The summed E-state index contributed by atoms with van der Waals surface area (Å²) in [7, 11) is -7.15. The minimum absolute atomic E-state index is 0.117. The molecule has 7 nitrogen and oxygen atoms in total. The quantitative estimate of drug-likeness (QED) is 0.718. The zero-order valence-corrected chi connectivity index (χ0v) is 15.8. The summed E-state index contributed by atoms with van der Waals surface area (Å²) in [5.74, 6) is 0.142. The highest BCUT2D eigenvalue weighted by Gasteiger charge is 2.48. The maximum absolute atomic E-state index is 13.1. The second-order valence-electron chi connectivity index (χ2n) is 6.28. The number of rotatable bonds is 5. The third kappa shape index (κ3) is 3.99. The van der Waals surface area contributed by atoms with E-state index in [0.717, 1.165) is 0 Å². The molecule has 2 aliphatic rings. The van der Waals surface area contributed by atoms with Gasteiger partial charge in [-0.25, -0.2) is 16.8 Å². The summed E-state index contributed by atoms with van der Waals surface area (Å²) < 4.78 is 61.1. The fourth-order valence-corrected chi connectivity index (χ4v) is 8.24. The van der Waals surface area contributed by atoms with Gasteiger partial charge in [-0.05, 0) is 31.2 Å². The van der Waals surface area contributed by atoms with Crippen LogP contribution in [0.1, 0.15) is 6.92 Å². The third-order valence-corrected chi connectivity index (χ3v) is 8.78. The highest BCUT2D eigenvalue weighted by molar-refractivity contribution is 7.96. The lowest BCUT2D eigenvalue weighted by molar-refractivity contribution is 0.0222. The molecule has 0 bridgehead atoms. The zero-order chi connectivity index (χ0) is 18.1. The van der Waals surface area contributed by atoms with Gasteiger partial charge in [0.15, 0.2) is 19.7 Å². The lowest BCUT2D eigenvalue weighted by atomic mass is 10.2. The fourth-order valence-electron chi connectivity index (χ4n) is 3.41. The number of benzene rings is 1. The number of hydrogen-bond donors (Lipinski definition) is 0. The standard InChI is InChI=1S/C16H23NO6S2/c1-2-23-13-3-5-14(6-4-13)25(20,21)16-12-24(18,19)11-15(16)17-7-9-22-10-8-17/h3-6,15-16H,2,7-12H2,1H3/t15-,16-/m1/s1. The van der Waals surface area contributed by atoms with Crippen LogP contribution in [-0.2, 0) is 24.4 Å². The Morgan fingerprint density at radius 1 is 1.16 bits per heavy atom. The van der Waals surface area contributed by atoms with Crippen molar-refractivity contribution in [1.82, 2.24) is 4.90 Å². The van der Waals surface area contributed by atoms with E-state index in [1.807, 2.05) is 11.8 Å². The Morgan fingerprint density at radius 2 is 1.80 bits per heavy atom. The summed E-state index contributed by atoms with van der Waals surface area (Å²) in [4.78, 5) is 2.07. The largest absolute Gasteiger partial charge is 0.494 e. The van der Waals surface area contributed by atoms with E-state index in [9.17, 15) is 16.8 Å². The van der Waals surface area contributed by atoms with Crippen LogP contribution < -0.4 is 4.74 Å². The smallest absolute Gasteiger partial charge is 0.183 e.